The van der Waals surface area contributed by atoms with Gasteiger partial charge in [0.2, 0.25) is 5.91 Å². The summed E-state index contributed by atoms with van der Waals surface area (Å²) in [5.74, 6) is -0.359. The molecule has 0 unspecified atom stereocenters. The van der Waals surface area contributed by atoms with Crippen LogP contribution < -0.4 is 5.73 Å². The molecule has 1 saturated heterocycles. The van der Waals surface area contributed by atoms with E-state index in [4.69, 9.17) is 5.73 Å². The molecule has 2 atom stereocenters. The van der Waals surface area contributed by atoms with E-state index in [2.05, 4.69) is 0 Å². The smallest absolute Gasteiger partial charge is 0.242 e. The molecule has 1 heterocycles. The van der Waals surface area contributed by atoms with Gasteiger partial charge in [0.05, 0.1) is 6.04 Å². The molecule has 3 nitrogen and oxygen atoms in total. The molecule has 1 aromatic rings. The Morgan fingerprint density at radius 2 is 2.27 bits per heavy atom. The van der Waals surface area contributed by atoms with E-state index < -0.39 is 6.04 Å². The number of halogens is 1. The number of hydrogen-bond donors (Lipinski definition) is 1. The minimum atomic E-state index is -0.522. The van der Waals surface area contributed by atoms with Gasteiger partial charge in [0.25, 0.3) is 0 Å². The summed E-state index contributed by atoms with van der Waals surface area (Å²) in [6.45, 7) is 2.49. The predicted molar refractivity (Wildman–Crippen MR) is 54.5 cm³/mol. The van der Waals surface area contributed by atoms with E-state index in [1.807, 2.05) is 6.92 Å². The molecule has 0 radical (unpaired) electrons. The van der Waals surface area contributed by atoms with Crippen LogP contribution in [0.2, 0.25) is 0 Å². The van der Waals surface area contributed by atoms with Crippen LogP contribution in [0.4, 0.5) is 4.39 Å². The molecule has 1 fully saturated rings. The van der Waals surface area contributed by atoms with Gasteiger partial charge in [-0.1, -0.05) is 12.1 Å². The van der Waals surface area contributed by atoms with Gasteiger partial charge in [0.1, 0.15) is 11.9 Å². The van der Waals surface area contributed by atoms with Crippen LogP contribution in [0.1, 0.15) is 18.5 Å². The summed E-state index contributed by atoms with van der Waals surface area (Å²) in [7, 11) is 0. The molecular weight excluding hydrogens is 195 g/mol. The van der Waals surface area contributed by atoms with Crippen molar-refractivity contribution in [1.82, 2.24) is 4.90 Å². The zero-order valence-electron chi connectivity index (χ0n) is 8.48. The predicted octanol–water partition coefficient (Wildman–Crippen LogP) is 1.06. The number of carbonyl (C=O) groups is 1. The normalized spacial score (nSPS) is 25.3. The molecule has 0 bridgehead atoms. The number of β-lactam (4-membered cyclic amide) rings is 1. The van der Waals surface area contributed by atoms with Crippen molar-refractivity contribution in [3.05, 3.63) is 35.6 Å². The average molecular weight is 208 g/mol. The van der Waals surface area contributed by atoms with E-state index in [0.29, 0.717) is 6.54 Å². The maximum Gasteiger partial charge on any atom is 0.242 e. The molecule has 1 aliphatic rings. The minimum absolute atomic E-state index is 0.0632. The molecule has 2 N–H and O–H groups in total. The third-order valence-electron chi connectivity index (χ3n) is 2.78. The second-order valence-corrected chi connectivity index (χ2v) is 3.65. The Morgan fingerprint density at radius 3 is 2.87 bits per heavy atom. The van der Waals surface area contributed by atoms with Crippen molar-refractivity contribution in [2.24, 2.45) is 5.73 Å². The number of amides is 1. The fourth-order valence-electron chi connectivity index (χ4n) is 2.01. The minimum Gasteiger partial charge on any atom is -0.332 e. The highest BCUT2D eigenvalue weighted by Gasteiger charge is 2.44. The lowest BCUT2D eigenvalue weighted by atomic mass is 9.89. The van der Waals surface area contributed by atoms with Gasteiger partial charge in [0.15, 0.2) is 0 Å². The van der Waals surface area contributed by atoms with E-state index in [-0.39, 0.29) is 17.8 Å². The highest BCUT2D eigenvalue weighted by atomic mass is 19.1. The molecule has 15 heavy (non-hydrogen) atoms. The molecular formula is C11H13FN2O. The van der Waals surface area contributed by atoms with Gasteiger partial charge in [-0.25, -0.2) is 4.39 Å². The Kier molecular flexibility index (Phi) is 2.44. The van der Waals surface area contributed by atoms with E-state index >= 15 is 0 Å². The van der Waals surface area contributed by atoms with Crippen LogP contribution in [0, 0.1) is 5.82 Å². The molecule has 4 heteroatoms. The summed E-state index contributed by atoms with van der Waals surface area (Å²) in [5, 5.41) is 0. The first-order valence-electron chi connectivity index (χ1n) is 4.96. The highest BCUT2D eigenvalue weighted by Crippen LogP contribution is 2.33. The lowest BCUT2D eigenvalue weighted by Gasteiger charge is -2.45. The SMILES string of the molecule is CCN1C(=O)[C@@H](N)[C@H]1c1cccc(F)c1. The van der Waals surface area contributed by atoms with Crippen LogP contribution in [-0.2, 0) is 4.79 Å². The summed E-state index contributed by atoms with van der Waals surface area (Å²) >= 11 is 0. The molecule has 80 valence electrons. The molecule has 2 rings (SSSR count). The first-order valence-corrected chi connectivity index (χ1v) is 4.96. The molecule has 1 aliphatic heterocycles. The van der Waals surface area contributed by atoms with Crippen LogP contribution >= 0.6 is 0 Å². The Labute approximate surface area is 87.7 Å². The summed E-state index contributed by atoms with van der Waals surface area (Å²) < 4.78 is 13.0. The second-order valence-electron chi connectivity index (χ2n) is 3.65. The molecule has 0 spiro atoms. The molecule has 0 aromatic heterocycles. The number of benzene rings is 1. The van der Waals surface area contributed by atoms with Crippen molar-refractivity contribution in [3.8, 4) is 0 Å². The topological polar surface area (TPSA) is 46.3 Å². The number of nitrogens with zero attached hydrogens (tertiary/aromatic N) is 1. The standard InChI is InChI=1S/C11H13FN2O/c1-2-14-10(9(13)11(14)15)7-4-3-5-8(12)6-7/h3-6,9-10H,2,13H2,1H3/t9-,10+/m0/s1. The van der Waals surface area contributed by atoms with Crippen LogP contribution in [0.15, 0.2) is 24.3 Å². The maximum atomic E-state index is 13.0. The van der Waals surface area contributed by atoms with E-state index in [9.17, 15) is 9.18 Å². The fraction of sp³-hybridized carbons (Fsp3) is 0.364. The van der Waals surface area contributed by atoms with Crippen LogP contribution in [-0.4, -0.2) is 23.4 Å². The summed E-state index contributed by atoms with van der Waals surface area (Å²) in [6.07, 6.45) is 0. The zero-order chi connectivity index (χ0) is 11.0. The Hall–Kier alpha value is -1.42. The largest absolute Gasteiger partial charge is 0.332 e. The Balaban J connectivity index is 2.28. The van der Waals surface area contributed by atoms with E-state index in [0.717, 1.165) is 5.56 Å². The van der Waals surface area contributed by atoms with Crippen molar-refractivity contribution in [2.45, 2.75) is 19.0 Å². The number of hydrogen-bond acceptors (Lipinski definition) is 2. The molecule has 0 saturated carbocycles. The van der Waals surface area contributed by atoms with Gasteiger partial charge < -0.3 is 10.6 Å². The summed E-state index contributed by atoms with van der Waals surface area (Å²) in [6, 6.07) is 5.55. The first kappa shape index (κ1) is 10.1. The van der Waals surface area contributed by atoms with Crippen LogP contribution in [0.25, 0.3) is 0 Å². The van der Waals surface area contributed by atoms with Crippen molar-refractivity contribution < 1.29 is 9.18 Å². The lowest BCUT2D eigenvalue weighted by Crippen LogP contribution is -2.62. The van der Waals surface area contributed by atoms with Gasteiger partial charge in [-0.15, -0.1) is 0 Å². The molecule has 1 aromatic carbocycles. The second kappa shape index (κ2) is 3.62. The number of nitrogens with two attached hydrogens (primary N) is 1. The quantitative estimate of drug-likeness (QED) is 0.738. The van der Waals surface area contributed by atoms with Gasteiger partial charge in [-0.2, -0.15) is 0 Å². The van der Waals surface area contributed by atoms with Crippen molar-refractivity contribution in [2.75, 3.05) is 6.54 Å². The maximum absolute atomic E-state index is 13.0. The van der Waals surface area contributed by atoms with Gasteiger partial charge in [-0.05, 0) is 24.6 Å². The van der Waals surface area contributed by atoms with Gasteiger partial charge >= 0.3 is 0 Å². The van der Waals surface area contributed by atoms with Gasteiger partial charge in [0, 0.05) is 6.54 Å². The van der Waals surface area contributed by atoms with Crippen LogP contribution in [0.3, 0.4) is 0 Å². The fourth-order valence-corrected chi connectivity index (χ4v) is 2.01. The monoisotopic (exact) mass is 208 g/mol. The van der Waals surface area contributed by atoms with E-state index in [1.165, 1.54) is 12.1 Å². The van der Waals surface area contributed by atoms with Crippen molar-refractivity contribution in [3.63, 3.8) is 0 Å². The summed E-state index contributed by atoms with van der Waals surface area (Å²) in [5.41, 5.74) is 6.47. The number of carbonyl (C=O) groups excluding carboxylic acids is 1. The molecule has 0 aliphatic carbocycles. The number of rotatable bonds is 2. The van der Waals surface area contributed by atoms with Crippen LogP contribution in [0.5, 0.6) is 0 Å². The highest BCUT2D eigenvalue weighted by molar-refractivity contribution is 5.89. The van der Waals surface area contributed by atoms with Crippen molar-refractivity contribution >= 4 is 5.91 Å². The first-order chi connectivity index (χ1) is 7.15. The van der Waals surface area contributed by atoms with E-state index in [1.54, 1.807) is 17.0 Å². The lowest BCUT2D eigenvalue weighted by molar-refractivity contribution is -0.149. The summed E-state index contributed by atoms with van der Waals surface area (Å²) in [4.78, 5) is 13.0. The van der Waals surface area contributed by atoms with Gasteiger partial charge in [-0.3, -0.25) is 4.79 Å². The van der Waals surface area contributed by atoms with Crippen molar-refractivity contribution in [1.29, 1.82) is 0 Å². The zero-order valence-corrected chi connectivity index (χ0v) is 8.48. The number of likely N-dealkylation sites (tertiary alicyclic amines) is 1. The Morgan fingerprint density at radius 1 is 1.53 bits per heavy atom. The number of likely N-dealkylation sites (N-methyl/N-ethyl adjacent to an activating group) is 1. The Bertz CT molecular complexity index is 394. The third kappa shape index (κ3) is 1.51. The average Bonchev–Trinajstić information content (AvgIpc) is 2.24. The molecule has 1 amide bonds. The third-order valence-corrected chi connectivity index (χ3v) is 2.78.